The van der Waals surface area contributed by atoms with Gasteiger partial charge in [-0.1, -0.05) is 19.0 Å². The number of aromatic nitrogens is 4. The van der Waals surface area contributed by atoms with Crippen molar-refractivity contribution in [3.63, 3.8) is 0 Å². The normalized spacial score (nSPS) is 12.7. The monoisotopic (exact) mass is 204 g/mol. The molecule has 5 nitrogen and oxygen atoms in total. The van der Waals surface area contributed by atoms with E-state index in [4.69, 9.17) is 4.52 Å². The van der Waals surface area contributed by atoms with E-state index >= 15 is 0 Å². The Morgan fingerprint density at radius 1 is 1.27 bits per heavy atom. The van der Waals surface area contributed by atoms with Gasteiger partial charge in [-0.15, -0.1) is 0 Å². The summed E-state index contributed by atoms with van der Waals surface area (Å²) in [4.78, 5) is 12.4. The topological polar surface area (TPSA) is 64.7 Å². The van der Waals surface area contributed by atoms with Gasteiger partial charge in [0.05, 0.1) is 0 Å². The van der Waals surface area contributed by atoms with Crippen molar-refractivity contribution < 1.29 is 4.52 Å². The SMILES string of the molecule is CCC(C)c1nc(-c2ncccn2)no1. The fraction of sp³-hybridized carbons (Fsp3) is 0.400. The summed E-state index contributed by atoms with van der Waals surface area (Å²) in [5, 5.41) is 3.84. The lowest BCUT2D eigenvalue weighted by molar-refractivity contribution is 0.357. The Labute approximate surface area is 87.6 Å². The summed E-state index contributed by atoms with van der Waals surface area (Å²) < 4.78 is 5.13. The van der Waals surface area contributed by atoms with Crippen LogP contribution in [0.1, 0.15) is 32.1 Å². The minimum atomic E-state index is 0.273. The van der Waals surface area contributed by atoms with E-state index < -0.39 is 0 Å². The Morgan fingerprint density at radius 3 is 2.67 bits per heavy atom. The van der Waals surface area contributed by atoms with Crippen LogP contribution in [0.2, 0.25) is 0 Å². The van der Waals surface area contributed by atoms with Gasteiger partial charge in [0.25, 0.3) is 0 Å². The van der Waals surface area contributed by atoms with Gasteiger partial charge in [0.2, 0.25) is 17.5 Å². The first-order chi connectivity index (χ1) is 7.31. The molecule has 2 heterocycles. The van der Waals surface area contributed by atoms with Crippen LogP contribution >= 0.6 is 0 Å². The maximum Gasteiger partial charge on any atom is 0.240 e. The Hall–Kier alpha value is -1.78. The van der Waals surface area contributed by atoms with Crippen molar-refractivity contribution in [1.82, 2.24) is 20.1 Å². The van der Waals surface area contributed by atoms with Gasteiger partial charge in [0.15, 0.2) is 0 Å². The van der Waals surface area contributed by atoms with Crippen LogP contribution < -0.4 is 0 Å². The van der Waals surface area contributed by atoms with E-state index in [2.05, 4.69) is 27.0 Å². The Balaban J connectivity index is 2.28. The van der Waals surface area contributed by atoms with Crippen molar-refractivity contribution in [3.05, 3.63) is 24.4 Å². The molecule has 78 valence electrons. The summed E-state index contributed by atoms with van der Waals surface area (Å²) in [5.74, 6) is 1.86. The van der Waals surface area contributed by atoms with Gasteiger partial charge < -0.3 is 4.52 Å². The van der Waals surface area contributed by atoms with Crippen LogP contribution in [0.3, 0.4) is 0 Å². The van der Waals surface area contributed by atoms with Crippen molar-refractivity contribution in [3.8, 4) is 11.6 Å². The molecule has 1 atom stereocenters. The Morgan fingerprint density at radius 2 is 2.00 bits per heavy atom. The average Bonchev–Trinajstić information content (AvgIpc) is 2.78. The fourth-order valence-corrected chi connectivity index (χ4v) is 1.12. The van der Waals surface area contributed by atoms with Gasteiger partial charge in [0.1, 0.15) is 0 Å². The van der Waals surface area contributed by atoms with Gasteiger partial charge in [0, 0.05) is 18.3 Å². The largest absolute Gasteiger partial charge is 0.339 e. The van der Waals surface area contributed by atoms with E-state index in [1.165, 1.54) is 0 Å². The van der Waals surface area contributed by atoms with Crippen LogP contribution in [0.5, 0.6) is 0 Å². The van der Waals surface area contributed by atoms with Crippen LogP contribution in [0.25, 0.3) is 11.6 Å². The lowest BCUT2D eigenvalue weighted by Gasteiger charge is -1.98. The zero-order valence-corrected chi connectivity index (χ0v) is 8.71. The molecule has 0 aliphatic carbocycles. The van der Waals surface area contributed by atoms with E-state index in [1.807, 2.05) is 6.92 Å². The van der Waals surface area contributed by atoms with Crippen LogP contribution in [0, 0.1) is 0 Å². The molecule has 2 rings (SSSR count). The summed E-state index contributed by atoms with van der Waals surface area (Å²) in [5.41, 5.74) is 0. The third-order valence-electron chi connectivity index (χ3n) is 2.24. The summed E-state index contributed by atoms with van der Waals surface area (Å²) in [6.45, 7) is 4.12. The van der Waals surface area contributed by atoms with Gasteiger partial charge in [-0.2, -0.15) is 4.98 Å². The second-order valence-corrected chi connectivity index (χ2v) is 3.34. The molecule has 0 bridgehead atoms. The summed E-state index contributed by atoms with van der Waals surface area (Å²) in [6.07, 6.45) is 4.28. The molecule has 0 N–H and O–H groups in total. The Bertz CT molecular complexity index is 426. The molecule has 0 aliphatic heterocycles. The maximum absolute atomic E-state index is 5.13. The van der Waals surface area contributed by atoms with Gasteiger partial charge in [-0.25, -0.2) is 9.97 Å². The molecule has 5 heteroatoms. The smallest absolute Gasteiger partial charge is 0.240 e. The molecule has 0 fully saturated rings. The van der Waals surface area contributed by atoms with Crippen molar-refractivity contribution in [1.29, 1.82) is 0 Å². The molecule has 0 saturated carbocycles. The highest BCUT2D eigenvalue weighted by molar-refractivity contribution is 5.40. The van der Waals surface area contributed by atoms with E-state index in [-0.39, 0.29) is 5.92 Å². The second kappa shape index (κ2) is 4.16. The predicted molar refractivity (Wildman–Crippen MR) is 54.0 cm³/mol. The number of hydrogen-bond acceptors (Lipinski definition) is 5. The summed E-state index contributed by atoms with van der Waals surface area (Å²) >= 11 is 0. The fourth-order valence-electron chi connectivity index (χ4n) is 1.12. The highest BCUT2D eigenvalue weighted by Gasteiger charge is 2.14. The first-order valence-electron chi connectivity index (χ1n) is 4.92. The highest BCUT2D eigenvalue weighted by Crippen LogP contribution is 2.18. The zero-order chi connectivity index (χ0) is 10.7. The van der Waals surface area contributed by atoms with Gasteiger partial charge >= 0.3 is 0 Å². The van der Waals surface area contributed by atoms with Crippen LogP contribution in [0.15, 0.2) is 23.0 Å². The molecular weight excluding hydrogens is 192 g/mol. The molecule has 0 aliphatic rings. The van der Waals surface area contributed by atoms with Gasteiger partial charge in [-0.3, -0.25) is 0 Å². The summed E-state index contributed by atoms with van der Waals surface area (Å²) in [6, 6.07) is 1.75. The van der Waals surface area contributed by atoms with Crippen LogP contribution in [-0.4, -0.2) is 20.1 Å². The first kappa shape index (κ1) is 9.76. The predicted octanol–water partition coefficient (Wildman–Crippen LogP) is 2.04. The third kappa shape index (κ3) is 2.01. The lowest BCUT2D eigenvalue weighted by Crippen LogP contribution is -1.92. The second-order valence-electron chi connectivity index (χ2n) is 3.34. The van der Waals surface area contributed by atoms with Crippen molar-refractivity contribution >= 4 is 0 Å². The molecule has 0 amide bonds. The lowest BCUT2D eigenvalue weighted by atomic mass is 10.1. The molecular formula is C10H12N4O. The van der Waals surface area contributed by atoms with Crippen molar-refractivity contribution in [2.45, 2.75) is 26.2 Å². The van der Waals surface area contributed by atoms with Gasteiger partial charge in [-0.05, 0) is 12.5 Å². The van der Waals surface area contributed by atoms with Crippen LogP contribution in [-0.2, 0) is 0 Å². The molecule has 2 aromatic heterocycles. The molecule has 1 unspecified atom stereocenters. The average molecular weight is 204 g/mol. The van der Waals surface area contributed by atoms with Crippen LogP contribution in [0.4, 0.5) is 0 Å². The number of nitrogens with zero attached hydrogens (tertiary/aromatic N) is 4. The molecule has 0 aromatic carbocycles. The Kier molecular flexibility index (Phi) is 2.71. The molecule has 15 heavy (non-hydrogen) atoms. The third-order valence-corrected chi connectivity index (χ3v) is 2.24. The summed E-state index contributed by atoms with van der Waals surface area (Å²) in [7, 11) is 0. The quantitative estimate of drug-likeness (QED) is 0.765. The van der Waals surface area contributed by atoms with Crippen molar-refractivity contribution in [2.75, 3.05) is 0 Å². The zero-order valence-electron chi connectivity index (χ0n) is 8.71. The minimum absolute atomic E-state index is 0.273. The highest BCUT2D eigenvalue weighted by atomic mass is 16.5. The first-order valence-corrected chi connectivity index (χ1v) is 4.92. The molecule has 0 saturated heterocycles. The molecule has 2 aromatic rings. The van der Waals surface area contributed by atoms with E-state index in [9.17, 15) is 0 Å². The van der Waals surface area contributed by atoms with E-state index in [0.717, 1.165) is 6.42 Å². The van der Waals surface area contributed by atoms with E-state index in [1.54, 1.807) is 18.5 Å². The minimum Gasteiger partial charge on any atom is -0.339 e. The number of rotatable bonds is 3. The van der Waals surface area contributed by atoms with E-state index in [0.29, 0.717) is 17.5 Å². The number of hydrogen-bond donors (Lipinski definition) is 0. The standard InChI is InChI=1S/C10H12N4O/c1-3-7(2)10-13-9(14-15-10)8-11-5-4-6-12-8/h4-7H,3H2,1-2H3. The molecule has 0 radical (unpaired) electrons. The maximum atomic E-state index is 5.13. The van der Waals surface area contributed by atoms with Crippen molar-refractivity contribution in [2.24, 2.45) is 0 Å². The molecule has 0 spiro atoms.